The van der Waals surface area contributed by atoms with Crippen LogP contribution < -0.4 is 14.2 Å². The van der Waals surface area contributed by atoms with E-state index in [4.69, 9.17) is 18.9 Å². The largest absolute Gasteiger partial charge is 0.493 e. The number of halogens is 1. The molecule has 17 heavy (non-hydrogen) atoms. The van der Waals surface area contributed by atoms with E-state index < -0.39 is 0 Å². The van der Waals surface area contributed by atoms with E-state index in [0.717, 1.165) is 10.9 Å². The van der Waals surface area contributed by atoms with Crippen LogP contribution in [0.3, 0.4) is 0 Å². The van der Waals surface area contributed by atoms with E-state index >= 15 is 0 Å². The fourth-order valence-corrected chi connectivity index (χ4v) is 1.74. The molecule has 1 aromatic carbocycles. The second kappa shape index (κ2) is 7.40. The van der Waals surface area contributed by atoms with Gasteiger partial charge in [-0.1, -0.05) is 15.9 Å². The van der Waals surface area contributed by atoms with Gasteiger partial charge < -0.3 is 18.9 Å². The van der Waals surface area contributed by atoms with E-state index in [2.05, 4.69) is 15.9 Å². The lowest BCUT2D eigenvalue weighted by Crippen LogP contribution is -2.02. The van der Waals surface area contributed by atoms with E-state index in [1.165, 1.54) is 0 Å². The van der Waals surface area contributed by atoms with E-state index in [0.29, 0.717) is 30.5 Å². The molecule has 0 N–H and O–H groups in total. The van der Waals surface area contributed by atoms with Crippen molar-refractivity contribution in [2.75, 3.05) is 33.3 Å². The van der Waals surface area contributed by atoms with E-state index in [9.17, 15) is 0 Å². The normalized spacial score (nSPS) is 10.1. The van der Waals surface area contributed by atoms with Crippen molar-refractivity contribution in [1.82, 2.24) is 0 Å². The summed E-state index contributed by atoms with van der Waals surface area (Å²) in [6.45, 7) is 1.13. The fraction of sp³-hybridized carbons (Fsp3) is 0.500. The summed E-state index contributed by atoms with van der Waals surface area (Å²) in [5.74, 6) is 1.89. The minimum absolute atomic E-state index is 0.481. The van der Waals surface area contributed by atoms with Crippen molar-refractivity contribution in [2.24, 2.45) is 0 Å². The van der Waals surface area contributed by atoms with Gasteiger partial charge in [-0.3, -0.25) is 0 Å². The molecule has 5 heteroatoms. The molecular weight excluding hydrogens is 288 g/mol. The lowest BCUT2D eigenvalue weighted by Gasteiger charge is -2.15. The van der Waals surface area contributed by atoms with Crippen LogP contribution in [0.4, 0.5) is 0 Å². The Hall–Kier alpha value is -0.940. The van der Waals surface area contributed by atoms with Crippen LogP contribution in [0.15, 0.2) is 12.1 Å². The standard InChI is InChI=1S/C12H17BrO4/c1-14-10-5-4-9(8-17-7-6-13)11(15-2)12(10)16-3/h4-5H,6-8H2,1-3H3. The summed E-state index contributed by atoms with van der Waals surface area (Å²) < 4.78 is 21.3. The number of rotatable bonds is 7. The molecule has 0 saturated carbocycles. The average Bonchev–Trinajstić information content (AvgIpc) is 2.38. The zero-order valence-corrected chi connectivity index (χ0v) is 11.9. The first-order valence-corrected chi connectivity index (χ1v) is 6.32. The number of hydrogen-bond acceptors (Lipinski definition) is 4. The molecule has 0 fully saturated rings. The quantitative estimate of drug-likeness (QED) is 0.573. The zero-order valence-electron chi connectivity index (χ0n) is 10.3. The predicted molar refractivity (Wildman–Crippen MR) is 69.5 cm³/mol. The Morgan fingerprint density at radius 1 is 1.00 bits per heavy atom. The third-order valence-electron chi connectivity index (χ3n) is 2.26. The molecule has 4 nitrogen and oxygen atoms in total. The van der Waals surface area contributed by atoms with Gasteiger partial charge in [-0.15, -0.1) is 0 Å². The van der Waals surface area contributed by atoms with Crippen LogP contribution in [0.2, 0.25) is 0 Å². The summed E-state index contributed by atoms with van der Waals surface area (Å²) in [5.41, 5.74) is 0.936. The lowest BCUT2D eigenvalue weighted by atomic mass is 10.2. The van der Waals surface area contributed by atoms with Crippen molar-refractivity contribution in [3.8, 4) is 17.2 Å². The molecule has 0 bridgehead atoms. The summed E-state index contributed by atoms with van der Waals surface area (Å²) in [5, 5.41) is 0.808. The Balaban J connectivity index is 2.97. The minimum Gasteiger partial charge on any atom is -0.493 e. The van der Waals surface area contributed by atoms with Gasteiger partial charge in [-0.05, 0) is 12.1 Å². The Bertz CT molecular complexity index is 355. The van der Waals surface area contributed by atoms with Gasteiger partial charge in [0.05, 0.1) is 34.5 Å². The molecule has 0 unspecified atom stereocenters. The Morgan fingerprint density at radius 3 is 2.24 bits per heavy atom. The molecule has 0 amide bonds. The van der Waals surface area contributed by atoms with Gasteiger partial charge >= 0.3 is 0 Å². The topological polar surface area (TPSA) is 36.9 Å². The fourth-order valence-electron chi connectivity index (χ4n) is 1.51. The van der Waals surface area contributed by atoms with Gasteiger partial charge in [0.1, 0.15) is 0 Å². The molecule has 0 atom stereocenters. The van der Waals surface area contributed by atoms with Crippen molar-refractivity contribution in [3.63, 3.8) is 0 Å². The van der Waals surface area contributed by atoms with E-state index in [1.807, 2.05) is 12.1 Å². The highest BCUT2D eigenvalue weighted by atomic mass is 79.9. The van der Waals surface area contributed by atoms with Crippen LogP contribution in [-0.2, 0) is 11.3 Å². The first-order chi connectivity index (χ1) is 8.28. The highest BCUT2D eigenvalue weighted by Crippen LogP contribution is 2.39. The first kappa shape index (κ1) is 14.1. The summed E-state index contributed by atoms with van der Waals surface area (Å²) in [4.78, 5) is 0. The number of methoxy groups -OCH3 is 3. The Morgan fingerprint density at radius 2 is 1.71 bits per heavy atom. The summed E-state index contributed by atoms with van der Waals surface area (Å²) in [7, 11) is 4.78. The molecule has 1 rings (SSSR count). The minimum atomic E-state index is 0.481. The SMILES string of the molecule is COc1ccc(COCCBr)c(OC)c1OC. The van der Waals surface area contributed by atoms with Gasteiger partial charge in [0.25, 0.3) is 0 Å². The van der Waals surface area contributed by atoms with Gasteiger partial charge in [-0.25, -0.2) is 0 Å². The van der Waals surface area contributed by atoms with Crippen molar-refractivity contribution < 1.29 is 18.9 Å². The number of ether oxygens (including phenoxy) is 4. The van der Waals surface area contributed by atoms with Gasteiger partial charge in [0.15, 0.2) is 11.5 Å². The molecule has 0 radical (unpaired) electrons. The highest BCUT2D eigenvalue weighted by Gasteiger charge is 2.15. The summed E-state index contributed by atoms with van der Waals surface area (Å²) >= 11 is 3.31. The second-order valence-electron chi connectivity index (χ2n) is 3.24. The molecule has 0 saturated heterocycles. The summed E-state index contributed by atoms with van der Waals surface area (Å²) in [6, 6.07) is 3.75. The average molecular weight is 305 g/mol. The van der Waals surface area contributed by atoms with Crippen LogP contribution in [0.5, 0.6) is 17.2 Å². The maximum absolute atomic E-state index is 5.46. The molecule has 0 spiro atoms. The molecule has 0 heterocycles. The number of hydrogen-bond donors (Lipinski definition) is 0. The Labute approximate surface area is 110 Å². The maximum Gasteiger partial charge on any atom is 0.203 e. The number of alkyl halides is 1. The van der Waals surface area contributed by atoms with Gasteiger partial charge in [0.2, 0.25) is 5.75 Å². The molecule has 1 aromatic rings. The van der Waals surface area contributed by atoms with Gasteiger partial charge in [0, 0.05) is 10.9 Å². The second-order valence-corrected chi connectivity index (χ2v) is 4.03. The molecular formula is C12H17BrO4. The Kier molecular flexibility index (Phi) is 6.15. The molecule has 0 aromatic heterocycles. The summed E-state index contributed by atoms with van der Waals surface area (Å²) in [6.07, 6.45) is 0. The van der Waals surface area contributed by atoms with Crippen LogP contribution >= 0.6 is 15.9 Å². The van der Waals surface area contributed by atoms with Crippen LogP contribution in [-0.4, -0.2) is 33.3 Å². The van der Waals surface area contributed by atoms with Crippen molar-refractivity contribution in [3.05, 3.63) is 17.7 Å². The number of benzene rings is 1. The molecule has 0 aliphatic heterocycles. The van der Waals surface area contributed by atoms with Crippen molar-refractivity contribution in [1.29, 1.82) is 0 Å². The van der Waals surface area contributed by atoms with Crippen LogP contribution in [0.1, 0.15) is 5.56 Å². The predicted octanol–water partition coefficient (Wildman–Crippen LogP) is 2.62. The van der Waals surface area contributed by atoms with E-state index in [1.54, 1.807) is 21.3 Å². The molecule has 0 aliphatic carbocycles. The van der Waals surface area contributed by atoms with Crippen LogP contribution in [0.25, 0.3) is 0 Å². The lowest BCUT2D eigenvalue weighted by molar-refractivity contribution is 0.134. The maximum atomic E-state index is 5.46. The van der Waals surface area contributed by atoms with E-state index in [-0.39, 0.29) is 0 Å². The highest BCUT2D eigenvalue weighted by molar-refractivity contribution is 9.09. The monoisotopic (exact) mass is 304 g/mol. The van der Waals surface area contributed by atoms with Gasteiger partial charge in [-0.2, -0.15) is 0 Å². The third kappa shape index (κ3) is 3.51. The van der Waals surface area contributed by atoms with Crippen LogP contribution in [0, 0.1) is 0 Å². The molecule has 0 aliphatic rings. The van der Waals surface area contributed by atoms with Crippen molar-refractivity contribution >= 4 is 15.9 Å². The van der Waals surface area contributed by atoms with Crippen molar-refractivity contribution in [2.45, 2.75) is 6.61 Å². The first-order valence-electron chi connectivity index (χ1n) is 5.20. The third-order valence-corrected chi connectivity index (χ3v) is 2.59. The zero-order chi connectivity index (χ0) is 12.7. The smallest absolute Gasteiger partial charge is 0.203 e. The molecule has 96 valence electrons.